The molecule has 2 aromatic carbocycles. The zero-order valence-corrected chi connectivity index (χ0v) is 21.3. The van der Waals surface area contributed by atoms with Crippen molar-refractivity contribution in [3.05, 3.63) is 52.1 Å². The maximum Gasteiger partial charge on any atom is 0.295 e. The van der Waals surface area contributed by atoms with Crippen LogP contribution in [-0.4, -0.2) is 82.2 Å². The minimum Gasteiger partial charge on any atom is -0.507 e. The van der Waals surface area contributed by atoms with Gasteiger partial charge in [-0.25, -0.2) is 0 Å². The van der Waals surface area contributed by atoms with Gasteiger partial charge in [0.25, 0.3) is 11.7 Å². The standard InChI is InChI=1S/C25H29ClN2O7/c1-27(2)9-10-28-22(14-7-8-17(32-3)20(11-14)35-6)21(24(30)25(28)31)23(29)15-12-16(26)19(34-5)13-18(15)33-4/h7-8,11-13,22,29H,9-10H2,1-6H3/b23-21+. The monoisotopic (exact) mass is 504 g/mol. The van der Waals surface area contributed by atoms with Crippen LogP contribution < -0.4 is 18.9 Å². The Bertz CT molecular complexity index is 1160. The van der Waals surface area contributed by atoms with Crippen LogP contribution in [0.1, 0.15) is 17.2 Å². The Morgan fingerprint density at radius 3 is 2.14 bits per heavy atom. The lowest BCUT2D eigenvalue weighted by molar-refractivity contribution is -0.140. The second-order valence-corrected chi connectivity index (χ2v) is 8.50. The van der Waals surface area contributed by atoms with Gasteiger partial charge in [-0.1, -0.05) is 17.7 Å². The smallest absolute Gasteiger partial charge is 0.295 e. The maximum absolute atomic E-state index is 13.3. The Labute approximate surface area is 209 Å². The number of methoxy groups -OCH3 is 4. The van der Waals surface area contributed by atoms with Gasteiger partial charge in [0.2, 0.25) is 0 Å². The van der Waals surface area contributed by atoms with Crippen LogP contribution in [0.5, 0.6) is 23.0 Å². The lowest BCUT2D eigenvalue weighted by Crippen LogP contribution is -2.35. The van der Waals surface area contributed by atoms with Gasteiger partial charge in [0, 0.05) is 19.2 Å². The van der Waals surface area contributed by atoms with Crippen LogP contribution in [-0.2, 0) is 9.59 Å². The molecule has 3 rings (SSSR count). The molecule has 0 saturated carbocycles. The van der Waals surface area contributed by atoms with Crippen molar-refractivity contribution >= 4 is 29.1 Å². The summed E-state index contributed by atoms with van der Waals surface area (Å²) < 4.78 is 21.4. The van der Waals surface area contributed by atoms with Crippen LogP contribution in [0.3, 0.4) is 0 Å². The van der Waals surface area contributed by atoms with Crippen molar-refractivity contribution in [2.75, 3.05) is 55.6 Å². The Kier molecular flexibility index (Phi) is 8.14. The third-order valence-electron chi connectivity index (χ3n) is 5.78. The number of ketones is 1. The topological polar surface area (TPSA) is 97.8 Å². The summed E-state index contributed by atoms with van der Waals surface area (Å²) in [6, 6.07) is 7.17. The zero-order valence-electron chi connectivity index (χ0n) is 20.5. The predicted molar refractivity (Wildman–Crippen MR) is 132 cm³/mol. The normalized spacial score (nSPS) is 17.1. The van der Waals surface area contributed by atoms with Crippen molar-refractivity contribution in [3.8, 4) is 23.0 Å². The first-order valence-electron chi connectivity index (χ1n) is 10.7. The van der Waals surface area contributed by atoms with Crippen molar-refractivity contribution in [1.82, 2.24) is 9.80 Å². The minimum atomic E-state index is -0.875. The van der Waals surface area contributed by atoms with Crippen molar-refractivity contribution in [1.29, 1.82) is 0 Å². The highest BCUT2D eigenvalue weighted by molar-refractivity contribution is 6.46. The summed E-state index contributed by atoms with van der Waals surface area (Å²) in [5, 5.41) is 11.6. The second kappa shape index (κ2) is 10.9. The van der Waals surface area contributed by atoms with Gasteiger partial charge in [0.05, 0.1) is 50.6 Å². The third-order valence-corrected chi connectivity index (χ3v) is 6.08. The average Bonchev–Trinajstić information content (AvgIpc) is 3.11. The number of benzene rings is 2. The van der Waals surface area contributed by atoms with Crippen LogP contribution in [0.25, 0.3) is 5.76 Å². The SMILES string of the molecule is COc1cc(OC)c(/C(O)=C2\C(=O)C(=O)N(CCN(C)C)C2c2ccc(OC)c(OC)c2)cc1Cl. The Morgan fingerprint density at radius 2 is 1.57 bits per heavy atom. The van der Waals surface area contributed by atoms with Gasteiger partial charge in [-0.15, -0.1) is 0 Å². The van der Waals surface area contributed by atoms with E-state index in [1.165, 1.54) is 45.5 Å². The van der Waals surface area contributed by atoms with E-state index in [0.717, 1.165) is 0 Å². The molecule has 1 saturated heterocycles. The van der Waals surface area contributed by atoms with E-state index >= 15 is 0 Å². The van der Waals surface area contributed by atoms with E-state index in [-0.39, 0.29) is 28.5 Å². The van der Waals surface area contributed by atoms with Gasteiger partial charge in [-0.3, -0.25) is 9.59 Å². The van der Waals surface area contributed by atoms with Crippen LogP contribution in [0.4, 0.5) is 0 Å². The van der Waals surface area contributed by atoms with Gasteiger partial charge in [-0.2, -0.15) is 0 Å². The van der Waals surface area contributed by atoms with Gasteiger partial charge in [0.15, 0.2) is 11.5 Å². The number of aliphatic hydroxyl groups is 1. The molecule has 1 aliphatic heterocycles. The molecule has 9 nitrogen and oxygen atoms in total. The number of carbonyl (C=O) groups excluding carboxylic acids is 2. The number of likely N-dealkylation sites (tertiary alicyclic amines) is 1. The molecule has 0 aliphatic carbocycles. The average molecular weight is 505 g/mol. The van der Waals surface area contributed by atoms with E-state index in [1.54, 1.807) is 18.2 Å². The van der Waals surface area contributed by atoms with Gasteiger partial charge >= 0.3 is 0 Å². The van der Waals surface area contributed by atoms with Gasteiger partial charge in [-0.05, 0) is 37.9 Å². The highest BCUT2D eigenvalue weighted by atomic mass is 35.5. The first-order valence-corrected chi connectivity index (χ1v) is 11.1. The fourth-order valence-corrected chi connectivity index (χ4v) is 4.22. The molecular weight excluding hydrogens is 476 g/mol. The summed E-state index contributed by atoms with van der Waals surface area (Å²) >= 11 is 6.30. The molecule has 0 aromatic heterocycles. The molecule has 1 amide bonds. The highest BCUT2D eigenvalue weighted by Crippen LogP contribution is 2.44. The van der Waals surface area contributed by atoms with Crippen molar-refractivity contribution in [2.24, 2.45) is 0 Å². The van der Waals surface area contributed by atoms with E-state index in [2.05, 4.69) is 0 Å². The number of rotatable bonds is 9. The molecular formula is C25H29ClN2O7. The van der Waals surface area contributed by atoms with E-state index in [4.69, 9.17) is 30.5 Å². The molecule has 10 heteroatoms. The fourth-order valence-electron chi connectivity index (χ4n) is 3.98. The number of hydrogen-bond acceptors (Lipinski definition) is 8. The molecule has 0 radical (unpaired) electrons. The summed E-state index contributed by atoms with van der Waals surface area (Å²) in [7, 11) is 9.61. The molecule has 1 N–H and O–H groups in total. The molecule has 0 bridgehead atoms. The van der Waals surface area contributed by atoms with E-state index in [1.807, 2.05) is 19.0 Å². The molecule has 1 fully saturated rings. The number of ether oxygens (including phenoxy) is 4. The van der Waals surface area contributed by atoms with E-state index in [9.17, 15) is 14.7 Å². The summed E-state index contributed by atoms with van der Waals surface area (Å²) in [4.78, 5) is 29.7. The van der Waals surface area contributed by atoms with Gasteiger partial charge < -0.3 is 33.9 Å². The Hall–Kier alpha value is -3.43. The van der Waals surface area contributed by atoms with Crippen LogP contribution in [0, 0.1) is 0 Å². The summed E-state index contributed by atoms with van der Waals surface area (Å²) in [6.07, 6.45) is 0. The van der Waals surface area contributed by atoms with Crippen LogP contribution in [0.2, 0.25) is 5.02 Å². The molecule has 188 valence electrons. The second-order valence-electron chi connectivity index (χ2n) is 8.10. The molecule has 1 heterocycles. The zero-order chi connectivity index (χ0) is 25.9. The third kappa shape index (κ3) is 5.01. The first kappa shape index (κ1) is 26.2. The Balaban J connectivity index is 2.26. The minimum absolute atomic E-state index is 0.0829. The predicted octanol–water partition coefficient (Wildman–Crippen LogP) is 3.36. The maximum atomic E-state index is 13.3. The molecule has 1 aliphatic rings. The summed E-state index contributed by atoms with van der Waals surface area (Å²) in [6.45, 7) is 0.766. The first-order chi connectivity index (χ1) is 16.7. The largest absolute Gasteiger partial charge is 0.507 e. The lowest BCUT2D eigenvalue weighted by atomic mass is 9.94. The van der Waals surface area contributed by atoms with Crippen LogP contribution in [0.15, 0.2) is 35.9 Å². The number of carbonyl (C=O) groups is 2. The van der Waals surface area contributed by atoms with Crippen molar-refractivity contribution < 1.29 is 33.6 Å². The molecule has 35 heavy (non-hydrogen) atoms. The number of aliphatic hydroxyl groups excluding tert-OH is 1. The number of nitrogens with zero attached hydrogens (tertiary/aromatic N) is 2. The quantitative estimate of drug-likeness (QED) is 0.315. The molecule has 1 atom stereocenters. The van der Waals surface area contributed by atoms with E-state index in [0.29, 0.717) is 29.4 Å². The summed E-state index contributed by atoms with van der Waals surface area (Å²) in [5.74, 6) is -0.450. The highest BCUT2D eigenvalue weighted by Gasteiger charge is 2.46. The molecule has 0 spiro atoms. The van der Waals surface area contributed by atoms with Crippen LogP contribution >= 0.6 is 11.6 Å². The number of hydrogen-bond donors (Lipinski definition) is 1. The van der Waals surface area contributed by atoms with Gasteiger partial charge in [0.1, 0.15) is 17.3 Å². The number of likely N-dealkylation sites (N-methyl/N-ethyl adjacent to an activating group) is 1. The Morgan fingerprint density at radius 1 is 0.943 bits per heavy atom. The van der Waals surface area contributed by atoms with Crippen molar-refractivity contribution in [3.63, 3.8) is 0 Å². The summed E-state index contributed by atoms with van der Waals surface area (Å²) in [5.41, 5.74) is 0.649. The van der Waals surface area contributed by atoms with E-state index < -0.39 is 23.5 Å². The van der Waals surface area contributed by atoms with Crippen molar-refractivity contribution in [2.45, 2.75) is 6.04 Å². The molecule has 2 aromatic rings. The lowest BCUT2D eigenvalue weighted by Gasteiger charge is -2.27. The number of Topliss-reactive ketones (excluding diaryl/α,β-unsaturated/α-hetero) is 1. The fraction of sp³-hybridized carbons (Fsp3) is 0.360. The molecule has 1 unspecified atom stereocenters. The number of halogens is 1. The number of amides is 1.